The average molecular weight is 303 g/mol. The van der Waals surface area contributed by atoms with Gasteiger partial charge in [-0.3, -0.25) is 9.48 Å². The van der Waals surface area contributed by atoms with Crippen LogP contribution in [0.15, 0.2) is 30.3 Å². The minimum Gasteiger partial charge on any atom is -0.497 e. The number of rotatable bonds is 6. The Morgan fingerprint density at radius 2 is 2.18 bits per heavy atom. The number of hydrogen-bond acceptors (Lipinski definition) is 4. The van der Waals surface area contributed by atoms with E-state index >= 15 is 0 Å². The Kier molecular flexibility index (Phi) is 5.16. The molecule has 6 nitrogen and oxygen atoms in total. The van der Waals surface area contributed by atoms with Crippen molar-refractivity contribution in [3.8, 4) is 5.75 Å². The molecule has 0 aliphatic rings. The van der Waals surface area contributed by atoms with Crippen LogP contribution in [0.5, 0.6) is 5.75 Å². The molecule has 1 heterocycles. The summed E-state index contributed by atoms with van der Waals surface area (Å²) in [6.45, 7) is 3.94. The average Bonchev–Trinajstić information content (AvgIpc) is 2.82. The second kappa shape index (κ2) is 7.09. The first-order valence-electron chi connectivity index (χ1n) is 7.05. The zero-order valence-corrected chi connectivity index (χ0v) is 13.3. The van der Waals surface area contributed by atoms with E-state index in [2.05, 4.69) is 10.4 Å². The summed E-state index contributed by atoms with van der Waals surface area (Å²) in [5.41, 5.74) is 1.80. The minimum atomic E-state index is -0.568. The van der Waals surface area contributed by atoms with Gasteiger partial charge in [0, 0.05) is 13.1 Å². The maximum absolute atomic E-state index is 12.1. The van der Waals surface area contributed by atoms with Gasteiger partial charge < -0.3 is 14.8 Å². The largest absolute Gasteiger partial charge is 0.497 e. The van der Waals surface area contributed by atoms with Crippen LogP contribution in [-0.2, 0) is 23.2 Å². The van der Waals surface area contributed by atoms with Crippen LogP contribution in [0.3, 0.4) is 0 Å². The Morgan fingerprint density at radius 3 is 2.82 bits per heavy atom. The molecular weight excluding hydrogens is 282 g/mol. The Balaban J connectivity index is 1.89. The fourth-order valence-electron chi connectivity index (χ4n) is 2.01. The molecule has 1 atom stereocenters. The van der Waals surface area contributed by atoms with Crippen molar-refractivity contribution < 1.29 is 14.3 Å². The maximum atomic E-state index is 12.1. The summed E-state index contributed by atoms with van der Waals surface area (Å²) in [6, 6.07) is 9.38. The van der Waals surface area contributed by atoms with Crippen molar-refractivity contribution in [2.24, 2.45) is 7.05 Å². The van der Waals surface area contributed by atoms with Gasteiger partial charge in [0.15, 0.2) is 0 Å². The molecule has 0 saturated heterocycles. The van der Waals surface area contributed by atoms with Crippen LogP contribution < -0.4 is 10.1 Å². The van der Waals surface area contributed by atoms with Gasteiger partial charge in [-0.2, -0.15) is 5.10 Å². The van der Waals surface area contributed by atoms with Crippen LogP contribution in [0.1, 0.15) is 18.2 Å². The SMILES string of the molecule is COc1cccc(CO[C@@H](C)C(=O)Nc2cc(C)nn2C)c1. The van der Waals surface area contributed by atoms with Crippen molar-refractivity contribution in [3.63, 3.8) is 0 Å². The molecule has 0 radical (unpaired) electrons. The van der Waals surface area contributed by atoms with Crippen molar-refractivity contribution in [1.29, 1.82) is 0 Å². The predicted molar refractivity (Wildman–Crippen MR) is 83.8 cm³/mol. The Labute approximate surface area is 130 Å². The molecule has 2 aromatic rings. The topological polar surface area (TPSA) is 65.4 Å². The third-order valence-corrected chi connectivity index (χ3v) is 3.26. The third-order valence-electron chi connectivity index (χ3n) is 3.26. The van der Waals surface area contributed by atoms with Gasteiger partial charge in [-0.05, 0) is 31.5 Å². The van der Waals surface area contributed by atoms with Crippen molar-refractivity contribution in [2.45, 2.75) is 26.6 Å². The highest BCUT2D eigenvalue weighted by Crippen LogP contribution is 2.14. The highest BCUT2D eigenvalue weighted by Gasteiger charge is 2.15. The van der Waals surface area contributed by atoms with Crippen LogP contribution in [0.25, 0.3) is 0 Å². The van der Waals surface area contributed by atoms with Gasteiger partial charge in [0.25, 0.3) is 5.91 Å². The molecular formula is C16H21N3O3. The van der Waals surface area contributed by atoms with E-state index in [9.17, 15) is 4.79 Å². The predicted octanol–water partition coefficient (Wildman–Crippen LogP) is 2.28. The fourth-order valence-corrected chi connectivity index (χ4v) is 2.01. The number of aromatic nitrogens is 2. The zero-order valence-electron chi connectivity index (χ0n) is 13.3. The number of amides is 1. The van der Waals surface area contributed by atoms with Crippen LogP contribution in [-0.4, -0.2) is 28.9 Å². The summed E-state index contributed by atoms with van der Waals surface area (Å²) >= 11 is 0. The number of aryl methyl sites for hydroxylation is 2. The molecule has 1 aromatic heterocycles. The summed E-state index contributed by atoms with van der Waals surface area (Å²) in [4.78, 5) is 12.1. The lowest BCUT2D eigenvalue weighted by Gasteiger charge is -2.13. The molecule has 0 saturated carbocycles. The molecule has 1 aromatic carbocycles. The number of benzene rings is 1. The number of methoxy groups -OCH3 is 1. The van der Waals surface area contributed by atoms with E-state index < -0.39 is 6.10 Å². The molecule has 1 N–H and O–H groups in total. The standard InChI is InChI=1S/C16H21N3O3/c1-11-8-15(19(3)18-11)17-16(20)12(2)22-10-13-6-5-7-14(9-13)21-4/h5-9,12H,10H2,1-4H3,(H,17,20)/t12-/m0/s1. The third kappa shape index (κ3) is 4.08. The Bertz CT molecular complexity index is 652. The Hall–Kier alpha value is -2.34. The lowest BCUT2D eigenvalue weighted by atomic mass is 10.2. The minimum absolute atomic E-state index is 0.203. The van der Waals surface area contributed by atoms with E-state index in [1.807, 2.05) is 37.3 Å². The van der Waals surface area contributed by atoms with Gasteiger partial charge in [0.1, 0.15) is 17.7 Å². The number of ether oxygens (including phenoxy) is 2. The van der Waals surface area contributed by atoms with Gasteiger partial charge in [-0.25, -0.2) is 0 Å². The van der Waals surface area contributed by atoms with Gasteiger partial charge in [-0.1, -0.05) is 12.1 Å². The van der Waals surface area contributed by atoms with Crippen LogP contribution in [0.2, 0.25) is 0 Å². The van der Waals surface area contributed by atoms with Crippen LogP contribution >= 0.6 is 0 Å². The molecule has 118 valence electrons. The van der Waals surface area contributed by atoms with Crippen molar-refractivity contribution in [2.75, 3.05) is 12.4 Å². The molecule has 0 bridgehead atoms. The first-order valence-corrected chi connectivity index (χ1v) is 7.05. The number of anilines is 1. The molecule has 0 unspecified atom stereocenters. The summed E-state index contributed by atoms with van der Waals surface area (Å²) < 4.78 is 12.4. The fraction of sp³-hybridized carbons (Fsp3) is 0.375. The lowest BCUT2D eigenvalue weighted by Crippen LogP contribution is -2.28. The highest BCUT2D eigenvalue weighted by molar-refractivity contribution is 5.93. The van der Waals surface area contributed by atoms with E-state index in [1.54, 1.807) is 25.8 Å². The quantitative estimate of drug-likeness (QED) is 0.889. The first kappa shape index (κ1) is 16.0. The highest BCUT2D eigenvalue weighted by atomic mass is 16.5. The molecule has 6 heteroatoms. The van der Waals surface area contributed by atoms with Crippen LogP contribution in [0, 0.1) is 6.92 Å². The molecule has 2 rings (SSSR count). The number of hydrogen-bond donors (Lipinski definition) is 1. The van der Waals surface area contributed by atoms with E-state index in [0.717, 1.165) is 17.0 Å². The number of carbonyl (C=O) groups is 1. The molecule has 1 amide bonds. The van der Waals surface area contributed by atoms with E-state index in [1.165, 1.54) is 0 Å². The second-order valence-electron chi connectivity index (χ2n) is 5.09. The van der Waals surface area contributed by atoms with Gasteiger partial charge in [0.2, 0.25) is 0 Å². The summed E-state index contributed by atoms with van der Waals surface area (Å²) in [5.74, 6) is 1.22. The van der Waals surface area contributed by atoms with Gasteiger partial charge in [-0.15, -0.1) is 0 Å². The number of nitrogens with one attached hydrogen (secondary N) is 1. The monoisotopic (exact) mass is 303 g/mol. The molecule has 0 aliphatic heterocycles. The molecule has 0 fully saturated rings. The summed E-state index contributed by atoms with van der Waals surface area (Å²) in [7, 11) is 3.40. The summed E-state index contributed by atoms with van der Waals surface area (Å²) in [5, 5.41) is 6.98. The first-order chi connectivity index (χ1) is 10.5. The van der Waals surface area contributed by atoms with Gasteiger partial charge in [0.05, 0.1) is 19.4 Å². The van der Waals surface area contributed by atoms with Gasteiger partial charge >= 0.3 is 0 Å². The normalized spacial score (nSPS) is 12.0. The van der Waals surface area contributed by atoms with Crippen molar-refractivity contribution in [1.82, 2.24) is 9.78 Å². The number of nitrogens with zero attached hydrogens (tertiary/aromatic N) is 2. The van der Waals surface area contributed by atoms with Crippen molar-refractivity contribution in [3.05, 3.63) is 41.6 Å². The van der Waals surface area contributed by atoms with E-state index in [4.69, 9.17) is 9.47 Å². The van der Waals surface area contributed by atoms with Crippen molar-refractivity contribution >= 4 is 11.7 Å². The molecule has 22 heavy (non-hydrogen) atoms. The van der Waals surface area contributed by atoms with E-state index in [0.29, 0.717) is 12.4 Å². The second-order valence-corrected chi connectivity index (χ2v) is 5.09. The summed E-state index contributed by atoms with van der Waals surface area (Å²) in [6.07, 6.45) is -0.568. The van der Waals surface area contributed by atoms with Crippen LogP contribution in [0.4, 0.5) is 5.82 Å². The maximum Gasteiger partial charge on any atom is 0.254 e. The number of carbonyl (C=O) groups excluding carboxylic acids is 1. The molecule has 0 spiro atoms. The lowest BCUT2D eigenvalue weighted by molar-refractivity contribution is -0.127. The smallest absolute Gasteiger partial charge is 0.254 e. The van der Waals surface area contributed by atoms with E-state index in [-0.39, 0.29) is 5.91 Å². The Morgan fingerprint density at radius 1 is 1.41 bits per heavy atom. The zero-order chi connectivity index (χ0) is 16.1. The molecule has 0 aliphatic carbocycles.